The highest BCUT2D eigenvalue weighted by Gasteiger charge is 2.64. The molecule has 0 aliphatic heterocycles. The van der Waals surface area contributed by atoms with Crippen molar-refractivity contribution in [1.82, 2.24) is 10.2 Å². The first kappa shape index (κ1) is 14.4. The van der Waals surface area contributed by atoms with E-state index in [1.165, 1.54) is 12.8 Å². The van der Waals surface area contributed by atoms with Crippen LogP contribution in [0.3, 0.4) is 0 Å². The largest absolute Gasteiger partial charge is 0.417 e. The molecule has 0 unspecified atom stereocenters. The molecule has 0 N–H and O–H groups in total. The minimum absolute atomic E-state index is 0.105. The molecule has 2 fully saturated rings. The van der Waals surface area contributed by atoms with Crippen LogP contribution >= 0.6 is 0 Å². The number of hydrogen-bond acceptors (Lipinski definition) is 2. The third-order valence-electron chi connectivity index (χ3n) is 6.08. The second-order valence-electron chi connectivity index (χ2n) is 7.17. The van der Waals surface area contributed by atoms with Gasteiger partial charge in [-0.3, -0.25) is 0 Å². The maximum absolute atomic E-state index is 13.3. The molecule has 2 atom stereocenters. The van der Waals surface area contributed by atoms with Crippen LogP contribution in [0.15, 0.2) is 24.3 Å². The van der Waals surface area contributed by atoms with Crippen LogP contribution in [0.25, 0.3) is 11.3 Å². The number of nitrogens with zero attached hydrogens (tertiary/aromatic N) is 2. The van der Waals surface area contributed by atoms with E-state index in [0.29, 0.717) is 23.3 Å². The van der Waals surface area contributed by atoms with E-state index >= 15 is 0 Å². The molecule has 2 bridgehead atoms. The zero-order valence-electron chi connectivity index (χ0n) is 12.7. The Morgan fingerprint density at radius 3 is 2.46 bits per heavy atom. The first-order chi connectivity index (χ1) is 11.4. The highest BCUT2D eigenvalue weighted by atomic mass is 19.4. The van der Waals surface area contributed by atoms with Crippen LogP contribution in [-0.4, -0.2) is 10.2 Å². The summed E-state index contributed by atoms with van der Waals surface area (Å²) < 4.78 is 53.1. The van der Waals surface area contributed by atoms with Crippen molar-refractivity contribution in [2.24, 2.45) is 5.41 Å². The molecule has 1 aromatic heterocycles. The lowest BCUT2D eigenvalue weighted by molar-refractivity contribution is -0.137. The molecule has 24 heavy (non-hydrogen) atoms. The van der Waals surface area contributed by atoms with Crippen molar-refractivity contribution in [1.29, 1.82) is 0 Å². The summed E-state index contributed by atoms with van der Waals surface area (Å²) in [6.07, 6.45) is -0.0833. The monoisotopic (exact) mass is 334 g/mol. The molecule has 3 aliphatic carbocycles. The highest BCUT2D eigenvalue weighted by molar-refractivity contribution is 5.66. The number of rotatable bonds is 1. The van der Waals surface area contributed by atoms with E-state index in [1.807, 2.05) is 0 Å². The van der Waals surface area contributed by atoms with Crippen LogP contribution < -0.4 is 0 Å². The summed E-state index contributed by atoms with van der Waals surface area (Å²) in [5, 5.41) is 8.35. The van der Waals surface area contributed by atoms with Gasteiger partial charge < -0.3 is 0 Å². The van der Waals surface area contributed by atoms with Gasteiger partial charge in [-0.15, -0.1) is 0 Å². The maximum atomic E-state index is 13.3. The van der Waals surface area contributed by atoms with Crippen molar-refractivity contribution >= 4 is 0 Å². The van der Waals surface area contributed by atoms with Gasteiger partial charge in [0, 0.05) is 11.5 Å². The van der Waals surface area contributed by atoms with Gasteiger partial charge in [-0.25, -0.2) is 4.39 Å². The lowest BCUT2D eigenvalue weighted by Crippen LogP contribution is -2.10. The summed E-state index contributed by atoms with van der Waals surface area (Å²) in [6, 6.07) is 4.47. The topological polar surface area (TPSA) is 25.8 Å². The Labute approximate surface area is 135 Å². The van der Waals surface area contributed by atoms with Gasteiger partial charge in [0.2, 0.25) is 0 Å². The Bertz CT molecular complexity index is 855. The van der Waals surface area contributed by atoms with Crippen LogP contribution in [0.2, 0.25) is 0 Å². The normalized spacial score (nSPS) is 26.0. The third kappa shape index (κ3) is 1.77. The summed E-state index contributed by atoms with van der Waals surface area (Å²) in [5.41, 5.74) is 1.43. The van der Waals surface area contributed by atoms with E-state index < -0.39 is 17.6 Å². The standard InChI is InChI=1S/C18H14F4N2/c19-9-1-2-10(14(7-9)18(20,21)22)15-8-11-12-3-4-13(16(11)24-23-15)17(12)5-6-17/h1-2,7-8,12-13H,3-6H2/t12-,13+/m0/s1. The van der Waals surface area contributed by atoms with E-state index in [4.69, 9.17) is 0 Å². The number of alkyl halides is 3. The molecule has 0 saturated heterocycles. The summed E-state index contributed by atoms with van der Waals surface area (Å²) in [4.78, 5) is 0. The molecule has 1 spiro atoms. The van der Waals surface area contributed by atoms with Gasteiger partial charge >= 0.3 is 6.18 Å². The van der Waals surface area contributed by atoms with Crippen molar-refractivity contribution in [3.05, 3.63) is 46.9 Å². The Morgan fingerprint density at radius 2 is 1.75 bits per heavy atom. The summed E-state index contributed by atoms with van der Waals surface area (Å²) in [5.74, 6) is -0.0768. The quantitative estimate of drug-likeness (QED) is 0.682. The van der Waals surface area contributed by atoms with E-state index in [-0.39, 0.29) is 11.3 Å². The summed E-state index contributed by atoms with van der Waals surface area (Å²) in [6.45, 7) is 0. The molecule has 6 heteroatoms. The fourth-order valence-corrected chi connectivity index (χ4v) is 4.94. The van der Waals surface area contributed by atoms with Gasteiger partial charge in [0.05, 0.1) is 17.0 Å². The van der Waals surface area contributed by atoms with Gasteiger partial charge in [-0.1, -0.05) is 0 Å². The number of fused-ring (bicyclic) bond motifs is 3. The van der Waals surface area contributed by atoms with E-state index in [1.54, 1.807) is 6.07 Å². The minimum atomic E-state index is -4.63. The molecule has 0 amide bonds. The molecule has 5 rings (SSSR count). The summed E-state index contributed by atoms with van der Waals surface area (Å²) in [7, 11) is 0. The maximum Gasteiger partial charge on any atom is 0.417 e. The molecule has 1 heterocycles. The number of hydrogen-bond donors (Lipinski definition) is 0. The van der Waals surface area contributed by atoms with E-state index in [9.17, 15) is 17.6 Å². The van der Waals surface area contributed by atoms with Crippen LogP contribution in [-0.2, 0) is 6.18 Å². The van der Waals surface area contributed by atoms with Crippen molar-refractivity contribution < 1.29 is 17.6 Å². The lowest BCUT2D eigenvalue weighted by atomic mass is 9.91. The Hall–Kier alpha value is -1.98. The fraction of sp³-hybridized carbons (Fsp3) is 0.444. The summed E-state index contributed by atoms with van der Waals surface area (Å²) >= 11 is 0. The van der Waals surface area contributed by atoms with Crippen molar-refractivity contribution in [2.45, 2.75) is 43.7 Å². The molecule has 2 saturated carbocycles. The van der Waals surface area contributed by atoms with Gasteiger partial charge in [0.15, 0.2) is 0 Å². The predicted molar refractivity (Wildman–Crippen MR) is 78.8 cm³/mol. The molecule has 2 aromatic rings. The second-order valence-corrected chi connectivity index (χ2v) is 7.17. The zero-order valence-corrected chi connectivity index (χ0v) is 12.7. The molecule has 0 radical (unpaired) electrons. The smallest absolute Gasteiger partial charge is 0.207 e. The van der Waals surface area contributed by atoms with Crippen LogP contribution in [0.1, 0.15) is 54.3 Å². The molecular formula is C18H14F4N2. The van der Waals surface area contributed by atoms with Crippen molar-refractivity contribution in [2.75, 3.05) is 0 Å². The van der Waals surface area contributed by atoms with E-state index in [0.717, 1.165) is 36.2 Å². The third-order valence-corrected chi connectivity index (χ3v) is 6.08. The first-order valence-electron chi connectivity index (χ1n) is 8.15. The average molecular weight is 334 g/mol. The van der Waals surface area contributed by atoms with Crippen molar-refractivity contribution in [3.8, 4) is 11.3 Å². The molecule has 3 aliphatic rings. The Kier molecular flexibility index (Phi) is 2.60. The van der Waals surface area contributed by atoms with Gasteiger partial charge in [-0.2, -0.15) is 23.4 Å². The predicted octanol–water partition coefficient (Wildman–Crippen LogP) is 5.06. The van der Waals surface area contributed by atoms with Crippen molar-refractivity contribution in [3.63, 3.8) is 0 Å². The molecule has 124 valence electrons. The Morgan fingerprint density at radius 1 is 1.00 bits per heavy atom. The number of halogens is 4. The van der Waals surface area contributed by atoms with Gasteiger partial charge in [-0.05, 0) is 66.8 Å². The number of benzene rings is 1. The highest BCUT2D eigenvalue weighted by Crippen LogP contribution is 2.75. The lowest BCUT2D eigenvalue weighted by Gasteiger charge is -2.16. The van der Waals surface area contributed by atoms with Gasteiger partial charge in [0.25, 0.3) is 0 Å². The average Bonchev–Trinajstić information content (AvgIpc) is 3.19. The van der Waals surface area contributed by atoms with Crippen LogP contribution in [0.4, 0.5) is 17.6 Å². The van der Waals surface area contributed by atoms with Crippen LogP contribution in [0, 0.1) is 11.2 Å². The van der Waals surface area contributed by atoms with E-state index in [2.05, 4.69) is 10.2 Å². The number of aromatic nitrogens is 2. The van der Waals surface area contributed by atoms with Gasteiger partial charge in [0.1, 0.15) is 5.82 Å². The second kappa shape index (κ2) is 4.35. The fourth-order valence-electron chi connectivity index (χ4n) is 4.94. The minimum Gasteiger partial charge on any atom is -0.207 e. The first-order valence-corrected chi connectivity index (χ1v) is 8.15. The zero-order chi connectivity index (χ0) is 16.7. The van der Waals surface area contributed by atoms with Crippen LogP contribution in [0.5, 0.6) is 0 Å². The molecule has 2 nitrogen and oxygen atoms in total. The molecule has 1 aromatic carbocycles. The molecular weight excluding hydrogens is 320 g/mol. The SMILES string of the molecule is Fc1ccc(-c2cc3c(nn2)[C@H]2CC[C@@H]3C23CC3)c(C(F)(F)F)c1. The Balaban J connectivity index is 1.65.